The van der Waals surface area contributed by atoms with Crippen LogP contribution in [0.15, 0.2) is 48.8 Å². The number of nitrogens with zero attached hydrogens (tertiary/aromatic N) is 3. The molecular weight excluding hydrogens is 304 g/mol. The van der Waals surface area contributed by atoms with Crippen LogP contribution in [0.1, 0.15) is 0 Å². The normalized spacial score (nSPS) is 15.0. The molecule has 2 N–H and O–H groups in total. The van der Waals surface area contributed by atoms with E-state index >= 15 is 0 Å². The SMILES string of the molecule is O=C(O)N1CCN(c2c(-c3ccccc3)cnc3[nH]ccc23)CC1. The number of carbonyl (C=O) groups is 1. The van der Waals surface area contributed by atoms with Crippen LogP contribution in [0.25, 0.3) is 22.2 Å². The van der Waals surface area contributed by atoms with Gasteiger partial charge in [0.05, 0.1) is 5.69 Å². The van der Waals surface area contributed by atoms with E-state index in [2.05, 4.69) is 27.0 Å². The Morgan fingerprint density at radius 2 is 1.83 bits per heavy atom. The molecule has 6 heteroatoms. The van der Waals surface area contributed by atoms with Crippen molar-refractivity contribution in [1.29, 1.82) is 0 Å². The molecule has 6 nitrogen and oxygen atoms in total. The number of rotatable bonds is 2. The summed E-state index contributed by atoms with van der Waals surface area (Å²) in [4.78, 5) is 22.6. The molecule has 1 aliphatic rings. The predicted molar refractivity (Wildman–Crippen MR) is 93.3 cm³/mol. The monoisotopic (exact) mass is 322 g/mol. The molecule has 2 aromatic heterocycles. The number of nitrogens with one attached hydrogen (secondary N) is 1. The molecule has 0 radical (unpaired) electrons. The number of amides is 1. The van der Waals surface area contributed by atoms with Crippen molar-refractivity contribution in [3.63, 3.8) is 0 Å². The first-order chi connectivity index (χ1) is 11.7. The molecule has 1 aromatic carbocycles. The summed E-state index contributed by atoms with van der Waals surface area (Å²) < 4.78 is 0. The highest BCUT2D eigenvalue weighted by atomic mass is 16.4. The highest BCUT2D eigenvalue weighted by Crippen LogP contribution is 2.36. The molecular formula is C18H18N4O2. The first-order valence-electron chi connectivity index (χ1n) is 7.98. The number of aromatic nitrogens is 2. The van der Waals surface area contributed by atoms with Crippen LogP contribution in [-0.2, 0) is 0 Å². The van der Waals surface area contributed by atoms with Crippen molar-refractivity contribution in [2.24, 2.45) is 0 Å². The molecule has 24 heavy (non-hydrogen) atoms. The third-order valence-corrected chi connectivity index (χ3v) is 4.51. The van der Waals surface area contributed by atoms with Gasteiger partial charge in [0.1, 0.15) is 5.65 Å². The minimum absolute atomic E-state index is 0.512. The Balaban J connectivity index is 1.78. The van der Waals surface area contributed by atoms with Gasteiger partial charge < -0.3 is 19.9 Å². The van der Waals surface area contributed by atoms with Crippen molar-refractivity contribution in [1.82, 2.24) is 14.9 Å². The second-order valence-electron chi connectivity index (χ2n) is 5.88. The van der Waals surface area contributed by atoms with Crippen molar-refractivity contribution in [2.75, 3.05) is 31.1 Å². The Morgan fingerprint density at radius 1 is 1.08 bits per heavy atom. The summed E-state index contributed by atoms with van der Waals surface area (Å²) in [5.74, 6) is 0. The maximum atomic E-state index is 11.1. The first kappa shape index (κ1) is 14.6. The Hall–Kier alpha value is -3.02. The highest BCUT2D eigenvalue weighted by Gasteiger charge is 2.24. The lowest BCUT2D eigenvalue weighted by Crippen LogP contribution is -2.48. The Bertz CT molecular complexity index is 867. The zero-order chi connectivity index (χ0) is 16.5. The zero-order valence-corrected chi connectivity index (χ0v) is 13.1. The first-order valence-corrected chi connectivity index (χ1v) is 7.98. The van der Waals surface area contributed by atoms with Gasteiger partial charge in [0, 0.05) is 49.5 Å². The second-order valence-corrected chi connectivity index (χ2v) is 5.88. The largest absolute Gasteiger partial charge is 0.465 e. The average molecular weight is 322 g/mol. The number of H-pyrrole nitrogens is 1. The van der Waals surface area contributed by atoms with E-state index in [0.29, 0.717) is 26.2 Å². The van der Waals surface area contributed by atoms with Crippen LogP contribution < -0.4 is 4.90 Å². The minimum Gasteiger partial charge on any atom is -0.465 e. The molecule has 4 rings (SSSR count). The van der Waals surface area contributed by atoms with Crippen LogP contribution in [0.4, 0.5) is 10.5 Å². The highest BCUT2D eigenvalue weighted by molar-refractivity contribution is 5.98. The summed E-state index contributed by atoms with van der Waals surface area (Å²) in [6.45, 7) is 2.38. The molecule has 1 aliphatic heterocycles. The van der Waals surface area contributed by atoms with E-state index in [9.17, 15) is 4.79 Å². The van der Waals surface area contributed by atoms with Gasteiger partial charge in [0.2, 0.25) is 0 Å². The molecule has 0 spiro atoms. The summed E-state index contributed by atoms with van der Waals surface area (Å²) in [7, 11) is 0. The van der Waals surface area contributed by atoms with Crippen LogP contribution in [0.2, 0.25) is 0 Å². The van der Waals surface area contributed by atoms with Crippen molar-refractivity contribution < 1.29 is 9.90 Å². The molecule has 3 aromatic rings. The number of benzene rings is 1. The van der Waals surface area contributed by atoms with Gasteiger partial charge in [-0.15, -0.1) is 0 Å². The van der Waals surface area contributed by atoms with E-state index in [-0.39, 0.29) is 0 Å². The summed E-state index contributed by atoms with van der Waals surface area (Å²) >= 11 is 0. The molecule has 0 bridgehead atoms. The second kappa shape index (κ2) is 5.88. The lowest BCUT2D eigenvalue weighted by atomic mass is 10.0. The van der Waals surface area contributed by atoms with E-state index in [1.165, 1.54) is 4.90 Å². The molecule has 0 saturated carbocycles. The number of fused-ring (bicyclic) bond motifs is 1. The summed E-state index contributed by atoms with van der Waals surface area (Å²) in [6.07, 6.45) is 2.94. The summed E-state index contributed by atoms with van der Waals surface area (Å²) in [6, 6.07) is 12.2. The summed E-state index contributed by atoms with van der Waals surface area (Å²) in [5.41, 5.74) is 4.16. The maximum Gasteiger partial charge on any atom is 0.407 e. The quantitative estimate of drug-likeness (QED) is 0.761. The van der Waals surface area contributed by atoms with Gasteiger partial charge in [0.25, 0.3) is 0 Å². The molecule has 3 heterocycles. The molecule has 1 fully saturated rings. The zero-order valence-electron chi connectivity index (χ0n) is 13.1. The molecule has 0 aliphatic carbocycles. The third-order valence-electron chi connectivity index (χ3n) is 4.51. The molecule has 122 valence electrons. The van der Waals surface area contributed by atoms with Crippen LogP contribution in [0.5, 0.6) is 0 Å². The number of piperazine rings is 1. The standard InChI is InChI=1S/C18H18N4O2/c23-18(24)22-10-8-21(9-11-22)16-14-6-7-19-17(14)20-12-15(16)13-4-2-1-3-5-13/h1-7,12H,8-11H2,(H,19,20)(H,23,24). The molecule has 1 amide bonds. The van der Waals surface area contributed by atoms with Gasteiger partial charge in [-0.25, -0.2) is 9.78 Å². The van der Waals surface area contributed by atoms with E-state index in [0.717, 1.165) is 27.8 Å². The minimum atomic E-state index is -0.848. The van der Waals surface area contributed by atoms with Crippen LogP contribution in [0.3, 0.4) is 0 Å². The van der Waals surface area contributed by atoms with Gasteiger partial charge in [-0.1, -0.05) is 30.3 Å². The van der Waals surface area contributed by atoms with E-state index < -0.39 is 6.09 Å². The van der Waals surface area contributed by atoms with Crippen molar-refractivity contribution >= 4 is 22.8 Å². The lowest BCUT2D eigenvalue weighted by molar-refractivity contribution is 0.142. The van der Waals surface area contributed by atoms with E-state index in [1.54, 1.807) is 0 Å². The lowest BCUT2D eigenvalue weighted by Gasteiger charge is -2.36. The van der Waals surface area contributed by atoms with Gasteiger partial charge >= 0.3 is 6.09 Å². The van der Waals surface area contributed by atoms with Gasteiger partial charge in [-0.05, 0) is 11.6 Å². The van der Waals surface area contributed by atoms with Crippen molar-refractivity contribution in [3.05, 3.63) is 48.8 Å². The van der Waals surface area contributed by atoms with Crippen LogP contribution in [-0.4, -0.2) is 52.2 Å². The Kier molecular flexibility index (Phi) is 3.57. The Morgan fingerprint density at radius 3 is 2.54 bits per heavy atom. The number of pyridine rings is 1. The Labute approximate surface area is 139 Å². The van der Waals surface area contributed by atoms with Crippen molar-refractivity contribution in [3.8, 4) is 11.1 Å². The van der Waals surface area contributed by atoms with Gasteiger partial charge in [0.15, 0.2) is 0 Å². The third kappa shape index (κ3) is 2.46. The smallest absolute Gasteiger partial charge is 0.407 e. The number of anilines is 1. The number of hydrogen-bond donors (Lipinski definition) is 2. The number of hydrogen-bond acceptors (Lipinski definition) is 3. The van der Waals surface area contributed by atoms with Crippen LogP contribution in [0, 0.1) is 0 Å². The van der Waals surface area contributed by atoms with E-state index in [1.807, 2.05) is 36.7 Å². The van der Waals surface area contributed by atoms with Gasteiger partial charge in [-0.3, -0.25) is 0 Å². The van der Waals surface area contributed by atoms with Crippen molar-refractivity contribution in [2.45, 2.75) is 0 Å². The van der Waals surface area contributed by atoms with Gasteiger partial charge in [-0.2, -0.15) is 0 Å². The van der Waals surface area contributed by atoms with E-state index in [4.69, 9.17) is 5.11 Å². The molecule has 0 atom stereocenters. The fraction of sp³-hybridized carbons (Fsp3) is 0.222. The fourth-order valence-corrected chi connectivity index (χ4v) is 3.28. The predicted octanol–water partition coefficient (Wildman–Crippen LogP) is 3.03. The average Bonchev–Trinajstić information content (AvgIpc) is 3.10. The maximum absolute atomic E-state index is 11.1. The topological polar surface area (TPSA) is 72.5 Å². The molecule has 0 unspecified atom stereocenters. The number of aromatic amines is 1. The summed E-state index contributed by atoms with van der Waals surface area (Å²) in [5, 5.41) is 10.2. The molecule has 1 saturated heterocycles. The number of carboxylic acid groups (broad SMARTS) is 1. The fourth-order valence-electron chi connectivity index (χ4n) is 3.28. The van der Waals surface area contributed by atoms with Crippen LogP contribution >= 0.6 is 0 Å².